The van der Waals surface area contributed by atoms with Crippen LogP contribution >= 0.6 is 11.6 Å². The fourth-order valence-corrected chi connectivity index (χ4v) is 2.07. The van der Waals surface area contributed by atoms with Gasteiger partial charge in [0.25, 0.3) is 5.91 Å². The number of nitrogens with one attached hydrogen (secondary N) is 1. The lowest BCUT2D eigenvalue weighted by Gasteiger charge is -2.15. The van der Waals surface area contributed by atoms with Crippen molar-refractivity contribution in [3.8, 4) is 5.75 Å². The zero-order chi connectivity index (χ0) is 15.4. The van der Waals surface area contributed by atoms with Crippen LogP contribution < -0.4 is 10.1 Å². The average molecular weight is 308 g/mol. The quantitative estimate of drug-likeness (QED) is 0.923. The number of halogens is 1. The summed E-state index contributed by atoms with van der Waals surface area (Å²) in [7, 11) is 1.79. The van der Waals surface area contributed by atoms with Crippen molar-refractivity contribution >= 4 is 17.5 Å². The monoisotopic (exact) mass is 307 g/mol. The van der Waals surface area contributed by atoms with Crippen LogP contribution in [-0.4, -0.2) is 28.3 Å². The molecule has 0 fully saturated rings. The maximum absolute atomic E-state index is 12.0. The van der Waals surface area contributed by atoms with Crippen molar-refractivity contribution in [3.63, 3.8) is 0 Å². The average Bonchev–Trinajstić information content (AvgIpc) is 2.78. The number of rotatable bonds is 5. The second-order valence-electron chi connectivity index (χ2n) is 4.89. The number of benzene rings is 1. The van der Waals surface area contributed by atoms with Crippen LogP contribution in [0.25, 0.3) is 0 Å². The van der Waals surface area contributed by atoms with Crippen LogP contribution in [0.5, 0.6) is 5.75 Å². The molecule has 1 N–H and O–H groups in total. The molecule has 1 amide bonds. The van der Waals surface area contributed by atoms with Crippen molar-refractivity contribution in [2.45, 2.75) is 20.0 Å². The number of hydrogen-bond donors (Lipinski definition) is 1. The molecule has 0 saturated heterocycles. The van der Waals surface area contributed by atoms with Gasteiger partial charge in [-0.25, -0.2) is 0 Å². The third-order valence-corrected chi connectivity index (χ3v) is 3.21. The number of hydrogen-bond acceptors (Lipinski definition) is 3. The lowest BCUT2D eigenvalue weighted by Crippen LogP contribution is -2.33. The van der Waals surface area contributed by atoms with Crippen molar-refractivity contribution in [1.82, 2.24) is 15.1 Å². The molecule has 1 aromatic heterocycles. The van der Waals surface area contributed by atoms with E-state index in [0.29, 0.717) is 22.8 Å². The smallest absolute Gasteiger partial charge is 0.254 e. The van der Waals surface area contributed by atoms with E-state index in [1.807, 2.05) is 13.8 Å². The first kappa shape index (κ1) is 15.4. The van der Waals surface area contributed by atoms with Crippen molar-refractivity contribution in [2.75, 3.05) is 6.54 Å². The zero-order valence-electron chi connectivity index (χ0n) is 12.3. The molecule has 0 radical (unpaired) electrons. The van der Waals surface area contributed by atoms with Crippen molar-refractivity contribution in [1.29, 1.82) is 0 Å². The Balaban J connectivity index is 1.86. The Morgan fingerprint density at radius 3 is 2.67 bits per heavy atom. The predicted octanol–water partition coefficient (Wildman–Crippen LogP) is 2.58. The molecule has 0 bridgehead atoms. The van der Waals surface area contributed by atoms with Gasteiger partial charge >= 0.3 is 0 Å². The van der Waals surface area contributed by atoms with E-state index < -0.39 is 0 Å². The Morgan fingerprint density at radius 2 is 2.10 bits per heavy atom. The van der Waals surface area contributed by atoms with Gasteiger partial charge in [-0.3, -0.25) is 9.48 Å². The Bertz CT molecular complexity index is 622. The van der Waals surface area contributed by atoms with Crippen molar-refractivity contribution in [2.24, 2.45) is 7.05 Å². The van der Waals surface area contributed by atoms with Crippen LogP contribution in [0.15, 0.2) is 30.5 Å². The molecule has 112 valence electrons. The second-order valence-corrected chi connectivity index (χ2v) is 5.33. The van der Waals surface area contributed by atoms with Crippen molar-refractivity contribution < 1.29 is 9.53 Å². The molecule has 2 rings (SSSR count). The van der Waals surface area contributed by atoms with Gasteiger partial charge in [-0.15, -0.1) is 0 Å². The summed E-state index contributed by atoms with van der Waals surface area (Å²) in [5, 5.41) is 7.65. The standard InChI is InChI=1S/C15H18ClN3O2/c1-10(21-13-6-4-12(16)5-7-13)8-17-15(20)14-9-19(3)18-11(14)2/h4-7,9-10H,8H2,1-3H3,(H,17,20)/t10-/m0/s1. The normalized spacial score (nSPS) is 12.0. The highest BCUT2D eigenvalue weighted by molar-refractivity contribution is 6.30. The van der Waals surface area contributed by atoms with Gasteiger partial charge in [0.2, 0.25) is 0 Å². The number of aryl methyl sites for hydroxylation is 2. The summed E-state index contributed by atoms with van der Waals surface area (Å²) in [5.41, 5.74) is 1.29. The minimum absolute atomic E-state index is 0.146. The summed E-state index contributed by atoms with van der Waals surface area (Å²) in [4.78, 5) is 12.0. The molecule has 21 heavy (non-hydrogen) atoms. The summed E-state index contributed by atoms with van der Waals surface area (Å²) in [6.45, 7) is 4.11. The van der Waals surface area contributed by atoms with E-state index in [9.17, 15) is 4.79 Å². The van der Waals surface area contributed by atoms with Gasteiger partial charge in [-0.2, -0.15) is 5.10 Å². The molecular formula is C15H18ClN3O2. The molecule has 0 saturated carbocycles. The van der Waals surface area contributed by atoms with E-state index in [1.54, 1.807) is 42.2 Å². The maximum atomic E-state index is 12.0. The summed E-state index contributed by atoms with van der Waals surface area (Å²) < 4.78 is 7.32. The highest BCUT2D eigenvalue weighted by atomic mass is 35.5. The second kappa shape index (κ2) is 6.63. The number of amides is 1. The largest absolute Gasteiger partial charge is 0.489 e. The Labute approximate surface area is 128 Å². The first-order valence-electron chi connectivity index (χ1n) is 6.66. The molecule has 1 heterocycles. The van der Waals surface area contributed by atoms with Gasteiger partial charge in [0.15, 0.2) is 0 Å². The van der Waals surface area contributed by atoms with Crippen LogP contribution in [0.2, 0.25) is 5.02 Å². The van der Waals surface area contributed by atoms with Gasteiger partial charge < -0.3 is 10.1 Å². The van der Waals surface area contributed by atoms with E-state index in [-0.39, 0.29) is 12.0 Å². The van der Waals surface area contributed by atoms with Crippen molar-refractivity contribution in [3.05, 3.63) is 46.7 Å². The summed E-state index contributed by atoms with van der Waals surface area (Å²) in [6, 6.07) is 7.13. The first-order valence-corrected chi connectivity index (χ1v) is 7.04. The van der Waals surface area contributed by atoms with E-state index in [4.69, 9.17) is 16.3 Å². The molecule has 6 heteroatoms. The van der Waals surface area contributed by atoms with E-state index in [0.717, 1.165) is 5.75 Å². The third-order valence-electron chi connectivity index (χ3n) is 2.96. The highest BCUT2D eigenvalue weighted by Gasteiger charge is 2.13. The Hall–Kier alpha value is -2.01. The molecule has 0 spiro atoms. The SMILES string of the molecule is Cc1nn(C)cc1C(=O)NC[C@H](C)Oc1ccc(Cl)cc1. The maximum Gasteiger partial charge on any atom is 0.254 e. The molecular weight excluding hydrogens is 290 g/mol. The van der Waals surface area contributed by atoms with Crippen LogP contribution in [0.4, 0.5) is 0 Å². The van der Waals surface area contributed by atoms with Crippen LogP contribution in [0.1, 0.15) is 23.0 Å². The van der Waals surface area contributed by atoms with Gasteiger partial charge in [0.05, 0.1) is 17.8 Å². The molecule has 0 aliphatic carbocycles. The molecule has 5 nitrogen and oxygen atoms in total. The van der Waals surface area contributed by atoms with Gasteiger partial charge in [0.1, 0.15) is 11.9 Å². The van der Waals surface area contributed by atoms with E-state index in [2.05, 4.69) is 10.4 Å². The minimum Gasteiger partial charge on any atom is -0.489 e. The Kier molecular flexibility index (Phi) is 4.85. The van der Waals surface area contributed by atoms with E-state index >= 15 is 0 Å². The highest BCUT2D eigenvalue weighted by Crippen LogP contribution is 2.16. The molecule has 0 aliphatic rings. The minimum atomic E-state index is -0.146. The fraction of sp³-hybridized carbons (Fsp3) is 0.333. The van der Waals surface area contributed by atoms with Gasteiger partial charge in [-0.1, -0.05) is 11.6 Å². The predicted molar refractivity (Wildman–Crippen MR) is 81.8 cm³/mol. The first-order chi connectivity index (χ1) is 9.95. The molecule has 2 aromatic rings. The topological polar surface area (TPSA) is 56.2 Å². The lowest BCUT2D eigenvalue weighted by atomic mass is 10.2. The molecule has 0 aliphatic heterocycles. The molecule has 0 unspecified atom stereocenters. The summed E-state index contributed by atoms with van der Waals surface area (Å²) >= 11 is 5.82. The number of carbonyl (C=O) groups excluding carboxylic acids is 1. The summed E-state index contributed by atoms with van der Waals surface area (Å²) in [5.74, 6) is 0.575. The fourth-order valence-electron chi connectivity index (χ4n) is 1.94. The summed E-state index contributed by atoms with van der Waals surface area (Å²) in [6.07, 6.45) is 1.56. The number of nitrogens with zero attached hydrogens (tertiary/aromatic N) is 2. The van der Waals surface area contributed by atoms with Crippen LogP contribution in [0, 0.1) is 6.92 Å². The molecule has 1 aromatic carbocycles. The van der Waals surface area contributed by atoms with Gasteiger partial charge in [-0.05, 0) is 38.1 Å². The van der Waals surface area contributed by atoms with E-state index in [1.165, 1.54) is 0 Å². The lowest BCUT2D eigenvalue weighted by molar-refractivity contribution is 0.0931. The third kappa shape index (κ3) is 4.23. The van der Waals surface area contributed by atoms with Crippen LogP contribution in [0.3, 0.4) is 0 Å². The van der Waals surface area contributed by atoms with Crippen LogP contribution in [-0.2, 0) is 7.05 Å². The number of ether oxygens (including phenoxy) is 1. The molecule has 1 atom stereocenters. The Morgan fingerprint density at radius 1 is 1.43 bits per heavy atom. The number of carbonyl (C=O) groups is 1. The van der Waals surface area contributed by atoms with Gasteiger partial charge in [0, 0.05) is 18.3 Å². The zero-order valence-corrected chi connectivity index (χ0v) is 13.0. The number of aromatic nitrogens is 2.